The van der Waals surface area contributed by atoms with E-state index < -0.39 is 0 Å². The van der Waals surface area contributed by atoms with Gasteiger partial charge in [-0.2, -0.15) is 0 Å². The second-order valence-electron chi connectivity index (χ2n) is 8.00. The van der Waals surface area contributed by atoms with Crippen molar-refractivity contribution < 1.29 is 19.0 Å². The minimum absolute atomic E-state index is 0.138. The highest BCUT2D eigenvalue weighted by molar-refractivity contribution is 5.93. The van der Waals surface area contributed by atoms with Crippen molar-refractivity contribution in [3.05, 3.63) is 78.9 Å². The maximum Gasteiger partial charge on any atom is 0.243 e. The molecular weight excluding hydrogens is 416 g/mol. The molecule has 0 aliphatic carbocycles. The van der Waals surface area contributed by atoms with Crippen molar-refractivity contribution in [1.82, 2.24) is 0 Å². The number of amides is 1. The van der Waals surface area contributed by atoms with Gasteiger partial charge in [0.25, 0.3) is 0 Å². The van der Waals surface area contributed by atoms with Crippen LogP contribution in [0.25, 0.3) is 0 Å². The summed E-state index contributed by atoms with van der Waals surface area (Å²) < 4.78 is 17.1. The van der Waals surface area contributed by atoms with E-state index in [4.69, 9.17) is 14.2 Å². The molecule has 0 radical (unpaired) electrons. The van der Waals surface area contributed by atoms with Crippen LogP contribution in [0.2, 0.25) is 0 Å². The third-order valence-electron chi connectivity index (χ3n) is 4.73. The summed E-state index contributed by atoms with van der Waals surface area (Å²) in [6, 6.07) is 24.6. The molecule has 0 atom stereocenters. The van der Waals surface area contributed by atoms with Crippen LogP contribution < -0.4 is 24.8 Å². The SMILES string of the molecule is CC(C)CCOc1cccc(NC(=O)CNc2cccc(OCCOc3ccccc3)c2)c1. The molecule has 0 saturated heterocycles. The molecule has 0 aliphatic rings. The van der Waals surface area contributed by atoms with Crippen LogP contribution in [-0.2, 0) is 4.79 Å². The van der Waals surface area contributed by atoms with Crippen LogP contribution in [0.3, 0.4) is 0 Å². The molecule has 0 aliphatic heterocycles. The van der Waals surface area contributed by atoms with Gasteiger partial charge in [0.15, 0.2) is 0 Å². The van der Waals surface area contributed by atoms with Crippen LogP contribution in [0, 0.1) is 5.92 Å². The molecule has 0 bridgehead atoms. The smallest absolute Gasteiger partial charge is 0.243 e. The first-order valence-electron chi connectivity index (χ1n) is 11.3. The molecule has 6 nitrogen and oxygen atoms in total. The fraction of sp³-hybridized carbons (Fsp3) is 0.296. The predicted molar refractivity (Wildman–Crippen MR) is 132 cm³/mol. The summed E-state index contributed by atoms with van der Waals surface area (Å²) in [4.78, 5) is 12.4. The third-order valence-corrected chi connectivity index (χ3v) is 4.73. The molecule has 2 N–H and O–H groups in total. The monoisotopic (exact) mass is 448 g/mol. The summed E-state index contributed by atoms with van der Waals surface area (Å²) in [7, 11) is 0. The molecule has 1 amide bonds. The molecule has 174 valence electrons. The fourth-order valence-electron chi connectivity index (χ4n) is 3.00. The van der Waals surface area contributed by atoms with Crippen LogP contribution in [-0.4, -0.2) is 32.3 Å². The summed E-state index contributed by atoms with van der Waals surface area (Å²) in [6.07, 6.45) is 0.989. The van der Waals surface area contributed by atoms with E-state index in [1.165, 1.54) is 0 Å². The highest BCUT2D eigenvalue weighted by atomic mass is 16.5. The number of carbonyl (C=O) groups is 1. The molecule has 3 rings (SSSR count). The summed E-state index contributed by atoms with van der Waals surface area (Å²) >= 11 is 0. The summed E-state index contributed by atoms with van der Waals surface area (Å²) in [6.45, 7) is 6.00. The molecule has 3 aromatic rings. The highest BCUT2D eigenvalue weighted by Crippen LogP contribution is 2.19. The lowest BCUT2D eigenvalue weighted by Gasteiger charge is -2.12. The van der Waals surface area contributed by atoms with Crippen molar-refractivity contribution in [2.75, 3.05) is 37.0 Å². The van der Waals surface area contributed by atoms with E-state index in [1.807, 2.05) is 78.9 Å². The molecule has 33 heavy (non-hydrogen) atoms. The van der Waals surface area contributed by atoms with Crippen LogP contribution in [0.4, 0.5) is 11.4 Å². The fourth-order valence-corrected chi connectivity index (χ4v) is 3.00. The average molecular weight is 449 g/mol. The number of para-hydroxylation sites is 1. The Morgan fingerprint density at radius 1 is 0.727 bits per heavy atom. The first kappa shape index (κ1) is 24.0. The zero-order chi connectivity index (χ0) is 23.3. The molecular formula is C27H32N2O4. The number of hydrogen-bond donors (Lipinski definition) is 2. The summed E-state index contributed by atoms with van der Waals surface area (Å²) in [5, 5.41) is 6.02. The Hall–Kier alpha value is -3.67. The molecule has 0 aromatic heterocycles. The zero-order valence-electron chi connectivity index (χ0n) is 19.3. The van der Waals surface area contributed by atoms with Gasteiger partial charge in [-0.25, -0.2) is 0 Å². The highest BCUT2D eigenvalue weighted by Gasteiger charge is 2.05. The van der Waals surface area contributed by atoms with Crippen molar-refractivity contribution in [2.24, 2.45) is 5.92 Å². The Morgan fingerprint density at radius 3 is 2.00 bits per heavy atom. The summed E-state index contributed by atoms with van der Waals surface area (Å²) in [5.74, 6) is 2.73. The first-order valence-corrected chi connectivity index (χ1v) is 11.3. The molecule has 0 saturated carbocycles. The molecule has 0 unspecified atom stereocenters. The number of anilines is 2. The Balaban J connectivity index is 1.40. The Kier molecular flexibility index (Phi) is 9.45. The third kappa shape index (κ3) is 9.15. The standard InChI is InChI=1S/C27H32N2O4/c1-21(2)14-15-31-26-13-7-9-23(19-26)29-27(30)20-28-22-8-6-12-25(18-22)33-17-16-32-24-10-4-3-5-11-24/h3-13,18-19,21,28H,14-17,20H2,1-2H3,(H,29,30). The average Bonchev–Trinajstić information content (AvgIpc) is 2.82. The quantitative estimate of drug-likeness (QED) is 0.332. The number of ether oxygens (including phenoxy) is 3. The largest absolute Gasteiger partial charge is 0.494 e. The predicted octanol–water partition coefficient (Wildman–Crippen LogP) is 5.62. The van der Waals surface area contributed by atoms with Crippen molar-refractivity contribution >= 4 is 17.3 Å². The van der Waals surface area contributed by atoms with Crippen LogP contribution in [0.5, 0.6) is 17.2 Å². The van der Waals surface area contributed by atoms with Gasteiger partial charge in [0.1, 0.15) is 30.5 Å². The van der Waals surface area contributed by atoms with Gasteiger partial charge in [0.05, 0.1) is 13.2 Å². The number of rotatable bonds is 13. The van der Waals surface area contributed by atoms with Crippen LogP contribution in [0.1, 0.15) is 20.3 Å². The zero-order valence-corrected chi connectivity index (χ0v) is 19.3. The lowest BCUT2D eigenvalue weighted by molar-refractivity contribution is -0.114. The van der Waals surface area contributed by atoms with E-state index in [9.17, 15) is 4.79 Å². The summed E-state index contributed by atoms with van der Waals surface area (Å²) in [5.41, 5.74) is 1.51. The van der Waals surface area contributed by atoms with Gasteiger partial charge in [-0.3, -0.25) is 4.79 Å². The van der Waals surface area contributed by atoms with E-state index in [1.54, 1.807) is 0 Å². The van der Waals surface area contributed by atoms with E-state index in [0.29, 0.717) is 37.2 Å². The van der Waals surface area contributed by atoms with E-state index in [0.717, 1.165) is 23.6 Å². The van der Waals surface area contributed by atoms with E-state index >= 15 is 0 Å². The van der Waals surface area contributed by atoms with E-state index in [2.05, 4.69) is 24.5 Å². The minimum atomic E-state index is -0.142. The Morgan fingerprint density at radius 2 is 1.30 bits per heavy atom. The van der Waals surface area contributed by atoms with Crippen molar-refractivity contribution in [3.63, 3.8) is 0 Å². The van der Waals surface area contributed by atoms with Crippen LogP contribution >= 0.6 is 0 Å². The molecule has 6 heteroatoms. The minimum Gasteiger partial charge on any atom is -0.494 e. The Bertz CT molecular complexity index is 992. The molecule has 0 heterocycles. The van der Waals surface area contributed by atoms with E-state index in [-0.39, 0.29) is 12.5 Å². The van der Waals surface area contributed by atoms with Gasteiger partial charge in [-0.05, 0) is 48.7 Å². The van der Waals surface area contributed by atoms with Gasteiger partial charge in [-0.1, -0.05) is 44.2 Å². The number of nitrogens with one attached hydrogen (secondary N) is 2. The van der Waals surface area contributed by atoms with Gasteiger partial charge >= 0.3 is 0 Å². The van der Waals surface area contributed by atoms with Crippen molar-refractivity contribution in [3.8, 4) is 17.2 Å². The molecule has 0 fully saturated rings. The van der Waals surface area contributed by atoms with Gasteiger partial charge in [0, 0.05) is 23.5 Å². The number of carbonyl (C=O) groups excluding carboxylic acids is 1. The number of hydrogen-bond acceptors (Lipinski definition) is 5. The van der Waals surface area contributed by atoms with Crippen molar-refractivity contribution in [2.45, 2.75) is 20.3 Å². The normalized spacial score (nSPS) is 10.5. The lowest BCUT2D eigenvalue weighted by Crippen LogP contribution is -2.21. The lowest BCUT2D eigenvalue weighted by atomic mass is 10.1. The van der Waals surface area contributed by atoms with Crippen molar-refractivity contribution in [1.29, 1.82) is 0 Å². The first-order chi connectivity index (χ1) is 16.1. The topological polar surface area (TPSA) is 68.8 Å². The van der Waals surface area contributed by atoms with Gasteiger partial charge < -0.3 is 24.8 Å². The van der Waals surface area contributed by atoms with Gasteiger partial charge in [-0.15, -0.1) is 0 Å². The second kappa shape index (κ2) is 13.0. The number of benzene rings is 3. The van der Waals surface area contributed by atoms with Gasteiger partial charge in [0.2, 0.25) is 5.91 Å². The Labute approximate surface area is 195 Å². The maximum atomic E-state index is 12.4. The maximum absolute atomic E-state index is 12.4. The van der Waals surface area contributed by atoms with Crippen LogP contribution in [0.15, 0.2) is 78.9 Å². The second-order valence-corrected chi connectivity index (χ2v) is 8.00. The molecule has 0 spiro atoms. The molecule has 3 aromatic carbocycles.